The number of nitrogens with one attached hydrogen (secondary N) is 1. The molecule has 1 aromatic carbocycles. The second-order valence-electron chi connectivity index (χ2n) is 4.56. The highest BCUT2D eigenvalue weighted by molar-refractivity contribution is 6.35. The fourth-order valence-electron chi connectivity index (χ4n) is 2.00. The lowest BCUT2D eigenvalue weighted by molar-refractivity contribution is 0.816. The van der Waals surface area contributed by atoms with E-state index in [1.54, 1.807) is 6.07 Å². The smallest absolute Gasteiger partial charge is 0.203 e. The number of aromatic nitrogens is 2. The topological polar surface area (TPSA) is 29.9 Å². The average molecular weight is 310 g/mol. The molecule has 1 heterocycles. The maximum atomic E-state index is 6.15. The van der Waals surface area contributed by atoms with Crippen LogP contribution in [0.2, 0.25) is 10.0 Å². The Morgan fingerprint density at radius 1 is 1.40 bits per heavy atom. The van der Waals surface area contributed by atoms with Gasteiger partial charge in [-0.3, -0.25) is 0 Å². The van der Waals surface area contributed by atoms with Crippen molar-refractivity contribution in [2.24, 2.45) is 0 Å². The van der Waals surface area contributed by atoms with Crippen molar-refractivity contribution in [3.63, 3.8) is 0 Å². The molecule has 0 saturated carbocycles. The van der Waals surface area contributed by atoms with Gasteiger partial charge >= 0.3 is 0 Å². The number of benzene rings is 1. The number of aryl methyl sites for hydroxylation is 1. The summed E-state index contributed by atoms with van der Waals surface area (Å²) in [7, 11) is 0. The van der Waals surface area contributed by atoms with Crippen molar-refractivity contribution in [2.45, 2.75) is 19.9 Å². The van der Waals surface area contributed by atoms with E-state index in [1.165, 1.54) is 0 Å². The third kappa shape index (κ3) is 3.78. The van der Waals surface area contributed by atoms with Crippen molar-refractivity contribution in [2.75, 3.05) is 11.9 Å². The van der Waals surface area contributed by atoms with E-state index < -0.39 is 0 Å². The minimum Gasteiger partial charge on any atom is -0.355 e. The first-order valence-corrected chi connectivity index (χ1v) is 7.18. The van der Waals surface area contributed by atoms with Gasteiger partial charge in [0.2, 0.25) is 5.95 Å². The summed E-state index contributed by atoms with van der Waals surface area (Å²) >= 11 is 12.0. The van der Waals surface area contributed by atoms with E-state index in [2.05, 4.69) is 16.9 Å². The standard InChI is InChI=1S/C15H17Cl2N3/c1-3-8-20-10-11(2)19-15(20)18-7-6-12-4-5-13(16)9-14(12)17/h3-5,9-10H,1,6-8H2,2H3,(H,18,19). The van der Waals surface area contributed by atoms with E-state index in [0.717, 1.165) is 36.7 Å². The summed E-state index contributed by atoms with van der Waals surface area (Å²) in [6.07, 6.45) is 4.66. The first-order valence-electron chi connectivity index (χ1n) is 6.42. The van der Waals surface area contributed by atoms with E-state index in [1.807, 2.05) is 35.9 Å². The van der Waals surface area contributed by atoms with Gasteiger partial charge in [0, 0.05) is 29.3 Å². The molecule has 2 aromatic rings. The number of hydrogen-bond acceptors (Lipinski definition) is 2. The highest BCUT2D eigenvalue weighted by atomic mass is 35.5. The summed E-state index contributed by atoms with van der Waals surface area (Å²) in [5, 5.41) is 4.68. The van der Waals surface area contributed by atoms with Gasteiger partial charge in [0.15, 0.2) is 0 Å². The van der Waals surface area contributed by atoms with Crippen molar-refractivity contribution in [1.29, 1.82) is 0 Å². The van der Waals surface area contributed by atoms with Crippen LogP contribution in [0.5, 0.6) is 0 Å². The zero-order valence-corrected chi connectivity index (χ0v) is 12.9. The molecule has 0 saturated heterocycles. The van der Waals surface area contributed by atoms with E-state index >= 15 is 0 Å². The van der Waals surface area contributed by atoms with Crippen molar-refractivity contribution in [1.82, 2.24) is 9.55 Å². The Labute approximate surface area is 129 Å². The second-order valence-corrected chi connectivity index (χ2v) is 5.40. The van der Waals surface area contributed by atoms with E-state index in [9.17, 15) is 0 Å². The zero-order valence-electron chi connectivity index (χ0n) is 11.4. The highest BCUT2D eigenvalue weighted by Crippen LogP contribution is 2.21. The van der Waals surface area contributed by atoms with Crippen LogP contribution in [0.4, 0.5) is 5.95 Å². The van der Waals surface area contributed by atoms with Crippen LogP contribution < -0.4 is 5.32 Å². The van der Waals surface area contributed by atoms with Gasteiger partial charge in [-0.15, -0.1) is 6.58 Å². The molecule has 0 unspecified atom stereocenters. The van der Waals surface area contributed by atoms with Crippen LogP contribution in [-0.4, -0.2) is 16.1 Å². The van der Waals surface area contributed by atoms with E-state index in [0.29, 0.717) is 10.0 Å². The molecular weight excluding hydrogens is 293 g/mol. The number of hydrogen-bond donors (Lipinski definition) is 1. The van der Waals surface area contributed by atoms with Gasteiger partial charge in [0.05, 0.1) is 5.69 Å². The summed E-state index contributed by atoms with van der Waals surface area (Å²) < 4.78 is 2.03. The molecule has 106 valence electrons. The lowest BCUT2D eigenvalue weighted by Crippen LogP contribution is -2.10. The Morgan fingerprint density at radius 2 is 2.20 bits per heavy atom. The Kier molecular flexibility index (Phi) is 5.10. The van der Waals surface area contributed by atoms with Crippen molar-refractivity contribution >= 4 is 29.2 Å². The zero-order chi connectivity index (χ0) is 14.5. The monoisotopic (exact) mass is 309 g/mol. The summed E-state index contributed by atoms with van der Waals surface area (Å²) in [5.41, 5.74) is 2.06. The molecule has 0 atom stereocenters. The Balaban J connectivity index is 1.97. The minimum absolute atomic E-state index is 0.656. The summed E-state index contributed by atoms with van der Waals surface area (Å²) in [4.78, 5) is 4.45. The largest absolute Gasteiger partial charge is 0.355 e. The molecule has 20 heavy (non-hydrogen) atoms. The normalized spacial score (nSPS) is 10.6. The lowest BCUT2D eigenvalue weighted by Gasteiger charge is -2.09. The van der Waals surface area contributed by atoms with Crippen LogP contribution in [0.25, 0.3) is 0 Å². The molecular formula is C15H17Cl2N3. The molecule has 0 fully saturated rings. The van der Waals surface area contributed by atoms with Crippen LogP contribution in [0.3, 0.4) is 0 Å². The lowest BCUT2D eigenvalue weighted by atomic mass is 10.1. The Morgan fingerprint density at radius 3 is 2.90 bits per heavy atom. The number of imidazole rings is 1. The van der Waals surface area contributed by atoms with Gasteiger partial charge in [-0.2, -0.15) is 0 Å². The molecule has 5 heteroatoms. The van der Waals surface area contributed by atoms with Crippen molar-refractivity contribution in [3.05, 3.63) is 58.4 Å². The predicted octanol–water partition coefficient (Wildman–Crippen LogP) is 4.34. The molecule has 0 amide bonds. The van der Waals surface area contributed by atoms with Gasteiger partial charge in [0.1, 0.15) is 0 Å². The van der Waals surface area contributed by atoms with Gasteiger partial charge in [0.25, 0.3) is 0 Å². The third-order valence-corrected chi connectivity index (χ3v) is 3.50. The maximum Gasteiger partial charge on any atom is 0.203 e. The van der Waals surface area contributed by atoms with Crippen LogP contribution >= 0.6 is 23.2 Å². The molecule has 0 aliphatic carbocycles. The Hall–Kier alpha value is -1.45. The summed E-state index contributed by atoms with van der Waals surface area (Å²) in [6, 6.07) is 5.57. The molecule has 2 rings (SSSR count). The minimum atomic E-state index is 0.656. The fraction of sp³-hybridized carbons (Fsp3) is 0.267. The summed E-state index contributed by atoms with van der Waals surface area (Å²) in [6.45, 7) is 7.22. The van der Waals surface area contributed by atoms with Crippen molar-refractivity contribution < 1.29 is 0 Å². The maximum absolute atomic E-state index is 6.15. The number of nitrogens with zero attached hydrogens (tertiary/aromatic N) is 2. The number of rotatable bonds is 6. The first kappa shape index (κ1) is 14.9. The average Bonchev–Trinajstić information content (AvgIpc) is 2.73. The van der Waals surface area contributed by atoms with E-state index in [-0.39, 0.29) is 0 Å². The first-order chi connectivity index (χ1) is 9.60. The number of halogens is 2. The number of anilines is 1. The summed E-state index contributed by atoms with van der Waals surface area (Å²) in [5.74, 6) is 0.854. The van der Waals surface area contributed by atoms with E-state index in [4.69, 9.17) is 23.2 Å². The van der Waals surface area contributed by atoms with Crippen LogP contribution in [0.1, 0.15) is 11.3 Å². The van der Waals surface area contributed by atoms with Crippen LogP contribution in [0, 0.1) is 6.92 Å². The molecule has 0 bridgehead atoms. The van der Waals surface area contributed by atoms with Gasteiger partial charge in [-0.1, -0.05) is 35.3 Å². The number of allylic oxidation sites excluding steroid dienone is 1. The molecule has 0 aliphatic heterocycles. The highest BCUT2D eigenvalue weighted by Gasteiger charge is 2.05. The third-order valence-electron chi connectivity index (χ3n) is 2.92. The molecule has 1 aromatic heterocycles. The molecule has 0 spiro atoms. The SMILES string of the molecule is C=CCn1cc(C)nc1NCCc1ccc(Cl)cc1Cl. The van der Waals surface area contributed by atoms with Crippen LogP contribution in [-0.2, 0) is 13.0 Å². The quantitative estimate of drug-likeness (QED) is 0.804. The molecule has 1 N–H and O–H groups in total. The molecule has 3 nitrogen and oxygen atoms in total. The predicted molar refractivity (Wildman–Crippen MR) is 85.8 cm³/mol. The van der Waals surface area contributed by atoms with Crippen molar-refractivity contribution in [3.8, 4) is 0 Å². The van der Waals surface area contributed by atoms with Crippen LogP contribution in [0.15, 0.2) is 37.1 Å². The fourth-order valence-corrected chi connectivity index (χ4v) is 2.50. The van der Waals surface area contributed by atoms with Gasteiger partial charge in [-0.05, 0) is 31.0 Å². The van der Waals surface area contributed by atoms with Gasteiger partial charge in [-0.25, -0.2) is 4.98 Å². The molecule has 0 aliphatic rings. The Bertz CT molecular complexity index is 605. The molecule has 0 radical (unpaired) electrons. The second kappa shape index (κ2) is 6.82. The van der Waals surface area contributed by atoms with Gasteiger partial charge < -0.3 is 9.88 Å².